The lowest BCUT2D eigenvalue weighted by Crippen LogP contribution is -2.28. The Kier molecular flexibility index (Phi) is 3.16. The molecule has 18 heavy (non-hydrogen) atoms. The summed E-state index contributed by atoms with van der Waals surface area (Å²) in [6.07, 6.45) is -5.81. The van der Waals surface area contributed by atoms with Crippen LogP contribution >= 0.6 is 0 Å². The standard InChI is InChI=1S/C9H9F3N2O4/c10-9(11,12)18-5-1-2-14-7(17-4-5)3-6(13-14)8(15)16/h3,5H,1-2,4H2,(H,15,16). The summed E-state index contributed by atoms with van der Waals surface area (Å²) in [4.78, 5) is 10.7. The number of rotatable bonds is 2. The Balaban J connectivity index is 2.05. The number of aromatic carboxylic acids is 1. The molecule has 1 aliphatic heterocycles. The van der Waals surface area contributed by atoms with Crippen LogP contribution in [0, 0.1) is 0 Å². The van der Waals surface area contributed by atoms with E-state index < -0.39 is 18.4 Å². The first kappa shape index (κ1) is 12.7. The van der Waals surface area contributed by atoms with Crippen LogP contribution < -0.4 is 4.74 Å². The van der Waals surface area contributed by atoms with Gasteiger partial charge in [-0.15, -0.1) is 13.2 Å². The number of halogens is 3. The highest BCUT2D eigenvalue weighted by Crippen LogP contribution is 2.24. The van der Waals surface area contributed by atoms with Gasteiger partial charge < -0.3 is 9.84 Å². The summed E-state index contributed by atoms with van der Waals surface area (Å²) >= 11 is 0. The minimum absolute atomic E-state index is 0.0350. The van der Waals surface area contributed by atoms with Crippen molar-refractivity contribution in [1.82, 2.24) is 9.78 Å². The number of ether oxygens (including phenoxy) is 2. The Bertz CT molecular complexity index is 432. The average Bonchev–Trinajstić information content (AvgIpc) is 2.56. The monoisotopic (exact) mass is 266 g/mol. The van der Waals surface area contributed by atoms with Crippen molar-refractivity contribution >= 4 is 5.97 Å². The number of carboxylic acids is 1. The van der Waals surface area contributed by atoms with Crippen molar-refractivity contribution in [2.45, 2.75) is 25.4 Å². The van der Waals surface area contributed by atoms with Gasteiger partial charge in [-0.05, 0) is 6.42 Å². The van der Waals surface area contributed by atoms with E-state index in [2.05, 4.69) is 9.84 Å². The van der Waals surface area contributed by atoms with E-state index in [0.29, 0.717) is 0 Å². The maximum absolute atomic E-state index is 12.0. The largest absolute Gasteiger partial charge is 0.522 e. The molecule has 1 aromatic rings. The molecule has 2 heterocycles. The SMILES string of the molecule is O=C(O)c1cc2n(n1)CCC(OC(F)(F)F)CO2. The second kappa shape index (κ2) is 4.48. The van der Waals surface area contributed by atoms with Gasteiger partial charge in [0, 0.05) is 12.6 Å². The van der Waals surface area contributed by atoms with Gasteiger partial charge in [-0.3, -0.25) is 4.74 Å². The topological polar surface area (TPSA) is 73.6 Å². The Morgan fingerprint density at radius 1 is 1.61 bits per heavy atom. The maximum Gasteiger partial charge on any atom is 0.522 e. The van der Waals surface area contributed by atoms with Crippen molar-refractivity contribution in [2.24, 2.45) is 0 Å². The fraction of sp³-hybridized carbons (Fsp3) is 0.556. The molecular weight excluding hydrogens is 257 g/mol. The average molecular weight is 266 g/mol. The molecule has 100 valence electrons. The van der Waals surface area contributed by atoms with Crippen LogP contribution in [-0.2, 0) is 11.3 Å². The molecule has 9 heteroatoms. The number of fused-ring (bicyclic) bond motifs is 1. The van der Waals surface area contributed by atoms with E-state index >= 15 is 0 Å². The van der Waals surface area contributed by atoms with E-state index in [9.17, 15) is 18.0 Å². The molecule has 0 amide bonds. The van der Waals surface area contributed by atoms with E-state index in [1.54, 1.807) is 0 Å². The molecule has 1 atom stereocenters. The molecule has 0 aromatic carbocycles. The quantitative estimate of drug-likeness (QED) is 0.872. The Morgan fingerprint density at radius 2 is 2.33 bits per heavy atom. The highest BCUT2D eigenvalue weighted by molar-refractivity contribution is 5.85. The van der Waals surface area contributed by atoms with Crippen LogP contribution in [0.25, 0.3) is 0 Å². The zero-order valence-corrected chi connectivity index (χ0v) is 8.98. The number of carbonyl (C=O) groups is 1. The normalized spacial score (nSPS) is 19.8. The minimum Gasteiger partial charge on any atom is -0.476 e. The van der Waals surface area contributed by atoms with Crippen molar-refractivity contribution < 1.29 is 32.5 Å². The summed E-state index contributed by atoms with van der Waals surface area (Å²) in [6, 6.07) is 1.16. The fourth-order valence-corrected chi connectivity index (χ4v) is 1.59. The summed E-state index contributed by atoms with van der Waals surface area (Å²) in [5.74, 6) is -1.09. The summed E-state index contributed by atoms with van der Waals surface area (Å²) in [7, 11) is 0. The first-order chi connectivity index (χ1) is 8.35. The van der Waals surface area contributed by atoms with Gasteiger partial charge in [0.05, 0.1) is 0 Å². The molecule has 0 fully saturated rings. The van der Waals surface area contributed by atoms with E-state index in [1.807, 2.05) is 0 Å². The lowest BCUT2D eigenvalue weighted by molar-refractivity contribution is -0.345. The molecule has 0 aliphatic carbocycles. The second-order valence-electron chi connectivity index (χ2n) is 3.68. The third-order valence-electron chi connectivity index (χ3n) is 2.34. The highest BCUT2D eigenvalue weighted by Gasteiger charge is 2.35. The van der Waals surface area contributed by atoms with Crippen molar-refractivity contribution in [2.75, 3.05) is 6.61 Å². The van der Waals surface area contributed by atoms with Gasteiger partial charge in [0.15, 0.2) is 5.69 Å². The van der Waals surface area contributed by atoms with Gasteiger partial charge in [0.1, 0.15) is 12.7 Å². The number of carboxylic acid groups (broad SMARTS) is 1. The van der Waals surface area contributed by atoms with E-state index in [0.717, 1.165) is 6.07 Å². The first-order valence-electron chi connectivity index (χ1n) is 5.03. The first-order valence-corrected chi connectivity index (χ1v) is 5.03. The number of nitrogens with zero attached hydrogens (tertiary/aromatic N) is 2. The molecular formula is C9H9F3N2O4. The van der Waals surface area contributed by atoms with Gasteiger partial charge in [-0.25, -0.2) is 9.48 Å². The van der Waals surface area contributed by atoms with Crippen molar-refractivity contribution in [3.8, 4) is 5.88 Å². The summed E-state index contributed by atoms with van der Waals surface area (Å²) < 4.78 is 46.2. The molecule has 1 aromatic heterocycles. The zero-order valence-electron chi connectivity index (χ0n) is 8.98. The van der Waals surface area contributed by atoms with Gasteiger partial charge >= 0.3 is 12.3 Å². The van der Waals surface area contributed by atoms with Crippen LogP contribution in [0.15, 0.2) is 6.07 Å². The Hall–Kier alpha value is -1.77. The number of hydrogen-bond donors (Lipinski definition) is 1. The Labute approximate surface area is 98.9 Å². The van der Waals surface area contributed by atoms with E-state index in [1.165, 1.54) is 4.68 Å². The van der Waals surface area contributed by atoms with Crippen LogP contribution in [0.5, 0.6) is 5.88 Å². The molecule has 0 saturated heterocycles. The van der Waals surface area contributed by atoms with E-state index in [-0.39, 0.29) is 31.1 Å². The number of hydrogen-bond acceptors (Lipinski definition) is 4. The summed E-state index contributed by atoms with van der Waals surface area (Å²) in [5, 5.41) is 12.4. The molecule has 1 aliphatic rings. The molecule has 1 N–H and O–H groups in total. The molecule has 0 radical (unpaired) electrons. The number of alkyl halides is 3. The molecule has 2 rings (SSSR count). The lowest BCUT2D eigenvalue weighted by Gasteiger charge is -2.16. The maximum atomic E-state index is 12.0. The van der Waals surface area contributed by atoms with Gasteiger partial charge in [-0.1, -0.05) is 0 Å². The zero-order chi connectivity index (χ0) is 13.3. The Morgan fingerprint density at radius 3 is 2.94 bits per heavy atom. The van der Waals surface area contributed by atoms with Crippen molar-refractivity contribution in [3.05, 3.63) is 11.8 Å². The molecule has 0 spiro atoms. The predicted octanol–water partition coefficient (Wildman–Crippen LogP) is 1.27. The minimum atomic E-state index is -4.72. The van der Waals surface area contributed by atoms with Gasteiger partial charge in [0.25, 0.3) is 0 Å². The smallest absolute Gasteiger partial charge is 0.476 e. The van der Waals surface area contributed by atoms with Crippen LogP contribution in [0.3, 0.4) is 0 Å². The van der Waals surface area contributed by atoms with Crippen LogP contribution in [0.2, 0.25) is 0 Å². The van der Waals surface area contributed by atoms with E-state index in [4.69, 9.17) is 9.84 Å². The van der Waals surface area contributed by atoms with Gasteiger partial charge in [-0.2, -0.15) is 5.10 Å². The van der Waals surface area contributed by atoms with Crippen molar-refractivity contribution in [3.63, 3.8) is 0 Å². The second-order valence-corrected chi connectivity index (χ2v) is 3.68. The molecule has 1 unspecified atom stereocenters. The number of aromatic nitrogens is 2. The molecule has 0 saturated carbocycles. The summed E-state index contributed by atoms with van der Waals surface area (Å²) in [5.41, 5.74) is -0.208. The summed E-state index contributed by atoms with van der Waals surface area (Å²) in [6.45, 7) is -0.201. The third kappa shape index (κ3) is 2.92. The molecule has 0 bridgehead atoms. The molecule has 6 nitrogen and oxygen atoms in total. The predicted molar refractivity (Wildman–Crippen MR) is 50.2 cm³/mol. The van der Waals surface area contributed by atoms with Crippen molar-refractivity contribution in [1.29, 1.82) is 0 Å². The third-order valence-corrected chi connectivity index (χ3v) is 2.34. The van der Waals surface area contributed by atoms with Gasteiger partial charge in [0.2, 0.25) is 5.88 Å². The lowest BCUT2D eigenvalue weighted by atomic mass is 10.3. The number of aryl methyl sites for hydroxylation is 1. The van der Waals surface area contributed by atoms with Crippen LogP contribution in [0.4, 0.5) is 13.2 Å². The fourth-order valence-electron chi connectivity index (χ4n) is 1.59. The highest BCUT2D eigenvalue weighted by atomic mass is 19.4. The van der Waals surface area contributed by atoms with Crippen LogP contribution in [0.1, 0.15) is 16.9 Å². The van der Waals surface area contributed by atoms with Crippen LogP contribution in [-0.4, -0.2) is 39.9 Å².